The third-order valence-electron chi connectivity index (χ3n) is 0.652. The number of isothiocyanates is 1. The first-order valence-corrected chi connectivity index (χ1v) is 4.84. The van der Waals surface area contributed by atoms with Crippen LogP contribution in [-0.2, 0) is 10.0 Å². The number of hydrogen-bond acceptors (Lipinski definition) is 4. The van der Waals surface area contributed by atoms with E-state index >= 15 is 0 Å². The monoisotopic (exact) mass is 180 g/mol. The van der Waals surface area contributed by atoms with E-state index in [2.05, 4.69) is 27.1 Å². The maximum Gasteiger partial charge on any atom is 0.208 e. The van der Waals surface area contributed by atoms with Crippen LogP contribution in [0, 0.1) is 0 Å². The van der Waals surface area contributed by atoms with E-state index in [1.54, 1.807) is 0 Å². The van der Waals surface area contributed by atoms with Crippen molar-refractivity contribution in [3.8, 4) is 0 Å². The molecule has 0 aromatic heterocycles. The number of nitrogens with zero attached hydrogens (tertiary/aromatic N) is 1. The van der Waals surface area contributed by atoms with E-state index in [1.807, 2.05) is 0 Å². The third-order valence-corrected chi connectivity index (χ3v) is 1.51. The van der Waals surface area contributed by atoms with E-state index in [0.29, 0.717) is 6.54 Å². The molecule has 0 aliphatic carbocycles. The molecule has 0 rings (SSSR count). The first kappa shape index (κ1) is 9.71. The molecule has 58 valence electrons. The maximum absolute atomic E-state index is 10.4. The number of sulfonamides is 1. The van der Waals surface area contributed by atoms with Crippen LogP contribution in [0.3, 0.4) is 0 Å². The van der Waals surface area contributed by atoms with Crippen LogP contribution >= 0.6 is 12.2 Å². The van der Waals surface area contributed by atoms with Gasteiger partial charge in [-0.3, -0.25) is 0 Å². The lowest BCUT2D eigenvalue weighted by Crippen LogP contribution is -2.24. The van der Waals surface area contributed by atoms with Crippen LogP contribution < -0.4 is 4.72 Å². The van der Waals surface area contributed by atoms with E-state index in [1.165, 1.54) is 0 Å². The summed E-state index contributed by atoms with van der Waals surface area (Å²) in [5, 5.41) is 2.13. The van der Waals surface area contributed by atoms with Gasteiger partial charge in [0.05, 0.1) is 18.0 Å². The van der Waals surface area contributed by atoms with E-state index in [-0.39, 0.29) is 6.54 Å². The Morgan fingerprint density at radius 2 is 2.30 bits per heavy atom. The molecule has 0 bridgehead atoms. The van der Waals surface area contributed by atoms with Gasteiger partial charge in [0.2, 0.25) is 10.0 Å². The molecule has 0 saturated heterocycles. The predicted octanol–water partition coefficient (Wildman–Crippen LogP) is -0.362. The van der Waals surface area contributed by atoms with Crippen molar-refractivity contribution < 1.29 is 8.42 Å². The average Bonchev–Trinajstić information content (AvgIpc) is 1.78. The molecule has 1 N–H and O–H groups in total. The lowest BCUT2D eigenvalue weighted by Gasteiger charge is -1.95. The molecule has 0 spiro atoms. The molecule has 0 fully saturated rings. The molecule has 0 unspecified atom stereocenters. The van der Waals surface area contributed by atoms with Gasteiger partial charge in [-0.15, -0.1) is 0 Å². The largest absolute Gasteiger partial charge is 0.231 e. The number of thiocarbonyl (C=S) groups is 1. The van der Waals surface area contributed by atoms with Crippen molar-refractivity contribution >= 4 is 27.4 Å². The highest BCUT2D eigenvalue weighted by atomic mass is 32.2. The second kappa shape index (κ2) is 4.51. The third kappa shape index (κ3) is 7.71. The summed E-state index contributed by atoms with van der Waals surface area (Å²) in [6.07, 6.45) is 1.09. The lowest BCUT2D eigenvalue weighted by molar-refractivity contribution is 0.588. The topological polar surface area (TPSA) is 58.5 Å². The van der Waals surface area contributed by atoms with Gasteiger partial charge >= 0.3 is 0 Å². The van der Waals surface area contributed by atoms with Crippen molar-refractivity contribution in [3.63, 3.8) is 0 Å². The zero-order valence-corrected chi connectivity index (χ0v) is 7.13. The summed E-state index contributed by atoms with van der Waals surface area (Å²) in [6.45, 7) is 0.624. The Balaban J connectivity index is 3.48. The summed E-state index contributed by atoms with van der Waals surface area (Å²) in [7, 11) is -3.08. The molecule has 6 heteroatoms. The Hall–Kier alpha value is -0.290. The minimum absolute atomic E-state index is 0.280. The highest BCUT2D eigenvalue weighted by Gasteiger charge is 1.96. The van der Waals surface area contributed by atoms with Gasteiger partial charge in [-0.1, -0.05) is 0 Å². The van der Waals surface area contributed by atoms with Gasteiger partial charge in [-0.2, -0.15) is 0 Å². The van der Waals surface area contributed by atoms with Gasteiger partial charge < -0.3 is 0 Å². The summed E-state index contributed by atoms with van der Waals surface area (Å²) < 4.78 is 23.0. The fourth-order valence-corrected chi connectivity index (χ4v) is 0.886. The van der Waals surface area contributed by atoms with Gasteiger partial charge in [0.1, 0.15) is 0 Å². The number of aliphatic imine (C=N–C) groups is 1. The zero-order valence-electron chi connectivity index (χ0n) is 5.49. The highest BCUT2D eigenvalue weighted by molar-refractivity contribution is 7.88. The minimum Gasteiger partial charge on any atom is -0.231 e. The standard InChI is InChI=1S/C4H8N2O2S2/c1-10(7,8)6-3-2-5-4-9/h6H,2-3H2,1H3. The normalized spacial score (nSPS) is 10.5. The van der Waals surface area contributed by atoms with Crippen LogP contribution in [0.1, 0.15) is 0 Å². The van der Waals surface area contributed by atoms with E-state index < -0.39 is 10.0 Å². The van der Waals surface area contributed by atoms with Gasteiger partial charge in [0.25, 0.3) is 0 Å². The average molecular weight is 180 g/mol. The summed E-state index contributed by atoms with van der Waals surface area (Å²) in [5.74, 6) is 0. The van der Waals surface area contributed by atoms with Crippen molar-refractivity contribution in [2.45, 2.75) is 0 Å². The lowest BCUT2D eigenvalue weighted by atomic mass is 10.7. The van der Waals surface area contributed by atoms with Gasteiger partial charge in [0.15, 0.2) is 0 Å². The first-order valence-electron chi connectivity index (χ1n) is 2.54. The molecule has 0 radical (unpaired) electrons. The predicted molar refractivity (Wildman–Crippen MR) is 42.7 cm³/mol. The highest BCUT2D eigenvalue weighted by Crippen LogP contribution is 1.72. The van der Waals surface area contributed by atoms with Gasteiger partial charge in [-0.05, 0) is 12.2 Å². The smallest absolute Gasteiger partial charge is 0.208 e. The Bertz CT molecular complexity index is 228. The van der Waals surface area contributed by atoms with E-state index in [0.717, 1.165) is 6.26 Å². The SMILES string of the molecule is CS(=O)(=O)NCCN=C=S. The molecule has 0 aliphatic heterocycles. The zero-order chi connectivity index (χ0) is 8.04. The van der Waals surface area contributed by atoms with E-state index in [4.69, 9.17) is 0 Å². The number of nitrogens with one attached hydrogen (secondary N) is 1. The first-order chi connectivity index (χ1) is 4.56. The van der Waals surface area contributed by atoms with Crippen LogP contribution in [-0.4, -0.2) is 32.9 Å². The summed E-state index contributed by atoms with van der Waals surface area (Å²) in [4.78, 5) is 3.51. The Morgan fingerprint density at radius 1 is 1.70 bits per heavy atom. The maximum atomic E-state index is 10.4. The van der Waals surface area contributed by atoms with E-state index in [9.17, 15) is 8.42 Å². The number of rotatable bonds is 4. The molecule has 0 aliphatic rings. The molecule has 0 aromatic rings. The van der Waals surface area contributed by atoms with Gasteiger partial charge in [-0.25, -0.2) is 18.1 Å². The van der Waals surface area contributed by atoms with Crippen LogP contribution in [0.15, 0.2) is 4.99 Å². The Morgan fingerprint density at radius 3 is 2.70 bits per heavy atom. The van der Waals surface area contributed by atoms with Crippen LogP contribution in [0.5, 0.6) is 0 Å². The fourth-order valence-electron chi connectivity index (χ4n) is 0.333. The minimum atomic E-state index is -3.08. The second-order valence-electron chi connectivity index (χ2n) is 1.64. The molecule has 0 aromatic carbocycles. The molecule has 4 nitrogen and oxygen atoms in total. The summed E-state index contributed by atoms with van der Waals surface area (Å²) >= 11 is 4.26. The molecular weight excluding hydrogens is 172 g/mol. The van der Waals surface area contributed by atoms with Crippen molar-refractivity contribution in [1.82, 2.24) is 4.72 Å². The number of hydrogen-bond donors (Lipinski definition) is 1. The van der Waals surface area contributed by atoms with Crippen molar-refractivity contribution in [2.24, 2.45) is 4.99 Å². The van der Waals surface area contributed by atoms with Crippen LogP contribution in [0.25, 0.3) is 0 Å². The van der Waals surface area contributed by atoms with Crippen LogP contribution in [0.4, 0.5) is 0 Å². The molecule has 0 amide bonds. The summed E-state index contributed by atoms with van der Waals surface area (Å²) in [6, 6.07) is 0. The molecular formula is C4H8N2O2S2. The van der Waals surface area contributed by atoms with Gasteiger partial charge in [0, 0.05) is 6.54 Å². The summed E-state index contributed by atoms with van der Waals surface area (Å²) in [5.41, 5.74) is 0. The van der Waals surface area contributed by atoms with Crippen molar-refractivity contribution in [2.75, 3.05) is 19.3 Å². The Kier molecular flexibility index (Phi) is 4.38. The Labute approximate surface area is 65.4 Å². The van der Waals surface area contributed by atoms with Crippen molar-refractivity contribution in [3.05, 3.63) is 0 Å². The molecule has 10 heavy (non-hydrogen) atoms. The quantitative estimate of drug-likeness (QED) is 0.365. The van der Waals surface area contributed by atoms with Crippen LogP contribution in [0.2, 0.25) is 0 Å². The second-order valence-corrected chi connectivity index (χ2v) is 3.66. The molecule has 0 atom stereocenters. The molecule has 0 heterocycles. The molecule has 0 saturated carbocycles. The van der Waals surface area contributed by atoms with Crippen molar-refractivity contribution in [1.29, 1.82) is 0 Å². The fraction of sp³-hybridized carbons (Fsp3) is 0.750.